The molecule has 0 radical (unpaired) electrons. The van der Waals surface area contributed by atoms with Crippen LogP contribution in [-0.2, 0) is 19.4 Å². The molecule has 0 aliphatic heterocycles. The second-order valence-corrected chi connectivity index (χ2v) is 4.51. The standard InChI is InChI=1S/C12H21N5/c1-4-10-15-11(5-2)17(16-10)8-6-7-12(3,14)9-13/h4-8,14H2,1-3H3. The van der Waals surface area contributed by atoms with Crippen molar-refractivity contribution in [3.63, 3.8) is 0 Å². The molecule has 0 aliphatic rings. The van der Waals surface area contributed by atoms with Gasteiger partial charge in [0.05, 0.1) is 6.07 Å². The average molecular weight is 235 g/mol. The van der Waals surface area contributed by atoms with Crippen LogP contribution in [0.5, 0.6) is 0 Å². The minimum atomic E-state index is -0.736. The van der Waals surface area contributed by atoms with Gasteiger partial charge in [0.25, 0.3) is 0 Å². The van der Waals surface area contributed by atoms with E-state index in [1.54, 1.807) is 6.92 Å². The largest absolute Gasteiger partial charge is 0.314 e. The number of aromatic nitrogens is 3. The highest BCUT2D eigenvalue weighted by Crippen LogP contribution is 2.09. The van der Waals surface area contributed by atoms with E-state index in [4.69, 9.17) is 11.0 Å². The van der Waals surface area contributed by atoms with E-state index in [-0.39, 0.29) is 0 Å². The molecule has 0 saturated carbocycles. The molecule has 0 bridgehead atoms. The Labute approximate surface area is 103 Å². The maximum atomic E-state index is 8.82. The maximum absolute atomic E-state index is 8.82. The van der Waals surface area contributed by atoms with Gasteiger partial charge in [0.2, 0.25) is 0 Å². The first-order valence-corrected chi connectivity index (χ1v) is 6.15. The molecule has 0 aromatic carbocycles. The Morgan fingerprint density at radius 2 is 2.12 bits per heavy atom. The summed E-state index contributed by atoms with van der Waals surface area (Å²) in [5.74, 6) is 1.90. The van der Waals surface area contributed by atoms with Crippen molar-refractivity contribution in [3.8, 4) is 6.07 Å². The molecule has 0 spiro atoms. The van der Waals surface area contributed by atoms with Crippen LogP contribution in [0.1, 0.15) is 45.3 Å². The van der Waals surface area contributed by atoms with Crippen molar-refractivity contribution < 1.29 is 0 Å². The van der Waals surface area contributed by atoms with Gasteiger partial charge in [0, 0.05) is 19.4 Å². The summed E-state index contributed by atoms with van der Waals surface area (Å²) in [7, 11) is 0. The summed E-state index contributed by atoms with van der Waals surface area (Å²) < 4.78 is 1.94. The molecule has 17 heavy (non-hydrogen) atoms. The van der Waals surface area contributed by atoms with Crippen LogP contribution in [0.15, 0.2) is 0 Å². The molecule has 0 amide bonds. The Balaban J connectivity index is 2.57. The van der Waals surface area contributed by atoms with Gasteiger partial charge in [-0.05, 0) is 19.8 Å². The lowest BCUT2D eigenvalue weighted by Gasteiger charge is -2.14. The van der Waals surface area contributed by atoms with Crippen molar-refractivity contribution in [3.05, 3.63) is 11.6 Å². The Bertz CT molecular complexity index is 400. The summed E-state index contributed by atoms with van der Waals surface area (Å²) in [5.41, 5.74) is 5.04. The molecule has 0 fully saturated rings. The van der Waals surface area contributed by atoms with Crippen molar-refractivity contribution in [2.24, 2.45) is 5.73 Å². The molecular formula is C12H21N5. The maximum Gasteiger partial charge on any atom is 0.150 e. The van der Waals surface area contributed by atoms with Crippen LogP contribution in [0.4, 0.5) is 0 Å². The zero-order valence-electron chi connectivity index (χ0n) is 10.9. The van der Waals surface area contributed by atoms with Gasteiger partial charge in [-0.1, -0.05) is 13.8 Å². The minimum absolute atomic E-state index is 0.675. The second-order valence-electron chi connectivity index (χ2n) is 4.51. The molecule has 5 heteroatoms. The first kappa shape index (κ1) is 13.7. The van der Waals surface area contributed by atoms with Crippen LogP contribution in [0.3, 0.4) is 0 Å². The van der Waals surface area contributed by atoms with Crippen molar-refractivity contribution in [1.82, 2.24) is 14.8 Å². The van der Waals surface area contributed by atoms with E-state index in [0.717, 1.165) is 37.5 Å². The monoisotopic (exact) mass is 235 g/mol. The Hall–Kier alpha value is -1.41. The quantitative estimate of drug-likeness (QED) is 0.808. The van der Waals surface area contributed by atoms with E-state index in [0.29, 0.717) is 6.42 Å². The number of hydrogen-bond acceptors (Lipinski definition) is 4. The fourth-order valence-corrected chi connectivity index (χ4v) is 1.67. The molecule has 1 aromatic heterocycles. The first-order valence-electron chi connectivity index (χ1n) is 6.15. The van der Waals surface area contributed by atoms with Crippen LogP contribution >= 0.6 is 0 Å². The predicted molar refractivity (Wildman–Crippen MR) is 66.2 cm³/mol. The minimum Gasteiger partial charge on any atom is -0.314 e. The highest BCUT2D eigenvalue weighted by Gasteiger charge is 2.17. The zero-order valence-corrected chi connectivity index (χ0v) is 10.9. The van der Waals surface area contributed by atoms with Crippen LogP contribution in [0.25, 0.3) is 0 Å². The Morgan fingerprint density at radius 3 is 2.65 bits per heavy atom. The number of rotatable bonds is 6. The third-order valence-corrected chi connectivity index (χ3v) is 2.75. The molecule has 94 valence electrons. The van der Waals surface area contributed by atoms with E-state index in [9.17, 15) is 0 Å². The molecule has 0 aliphatic carbocycles. The van der Waals surface area contributed by atoms with Gasteiger partial charge in [-0.25, -0.2) is 9.67 Å². The number of nitrogens with two attached hydrogens (primary N) is 1. The Kier molecular flexibility index (Phi) is 4.64. The summed E-state index contributed by atoms with van der Waals surface area (Å²) in [6.07, 6.45) is 3.26. The van der Waals surface area contributed by atoms with E-state index in [2.05, 4.69) is 23.1 Å². The number of nitriles is 1. The summed E-state index contributed by atoms with van der Waals surface area (Å²) in [4.78, 5) is 4.44. The highest BCUT2D eigenvalue weighted by molar-refractivity contribution is 5.00. The van der Waals surface area contributed by atoms with Crippen LogP contribution in [0.2, 0.25) is 0 Å². The van der Waals surface area contributed by atoms with Gasteiger partial charge < -0.3 is 5.73 Å². The van der Waals surface area contributed by atoms with E-state index in [1.807, 2.05) is 11.6 Å². The van der Waals surface area contributed by atoms with E-state index in [1.165, 1.54) is 0 Å². The summed E-state index contributed by atoms with van der Waals surface area (Å²) >= 11 is 0. The average Bonchev–Trinajstić information content (AvgIpc) is 2.71. The summed E-state index contributed by atoms with van der Waals surface area (Å²) in [5, 5.41) is 13.3. The lowest BCUT2D eigenvalue weighted by molar-refractivity contribution is 0.462. The van der Waals surface area contributed by atoms with Crippen molar-refractivity contribution in [1.29, 1.82) is 5.26 Å². The van der Waals surface area contributed by atoms with Gasteiger partial charge in [-0.3, -0.25) is 0 Å². The second kappa shape index (κ2) is 5.78. The van der Waals surface area contributed by atoms with Gasteiger partial charge in [0.15, 0.2) is 5.82 Å². The smallest absolute Gasteiger partial charge is 0.150 e. The van der Waals surface area contributed by atoms with Crippen LogP contribution in [-0.4, -0.2) is 20.3 Å². The molecule has 2 N–H and O–H groups in total. The summed E-state index contributed by atoms with van der Waals surface area (Å²) in [6, 6.07) is 2.11. The molecule has 1 rings (SSSR count). The van der Waals surface area contributed by atoms with Gasteiger partial charge in [-0.2, -0.15) is 10.4 Å². The van der Waals surface area contributed by atoms with Crippen molar-refractivity contribution >= 4 is 0 Å². The molecule has 1 heterocycles. The third-order valence-electron chi connectivity index (χ3n) is 2.75. The fourth-order valence-electron chi connectivity index (χ4n) is 1.67. The molecule has 1 aromatic rings. The topological polar surface area (TPSA) is 80.5 Å². The van der Waals surface area contributed by atoms with Gasteiger partial charge >= 0.3 is 0 Å². The predicted octanol–water partition coefficient (Wildman–Crippen LogP) is 1.42. The van der Waals surface area contributed by atoms with E-state index < -0.39 is 5.54 Å². The molecule has 0 saturated heterocycles. The number of hydrogen-bond donors (Lipinski definition) is 1. The summed E-state index contributed by atoms with van der Waals surface area (Å²) in [6.45, 7) is 6.66. The third kappa shape index (κ3) is 3.82. The zero-order chi connectivity index (χ0) is 12.9. The molecule has 1 atom stereocenters. The lowest BCUT2D eigenvalue weighted by atomic mass is 9.99. The van der Waals surface area contributed by atoms with Crippen molar-refractivity contribution in [2.75, 3.05) is 0 Å². The number of aryl methyl sites for hydroxylation is 3. The lowest BCUT2D eigenvalue weighted by Crippen LogP contribution is -2.34. The molecule has 1 unspecified atom stereocenters. The SMILES string of the molecule is CCc1nc(CC)n(CCCC(C)(N)C#N)n1. The fraction of sp³-hybridized carbons (Fsp3) is 0.750. The molecular weight excluding hydrogens is 214 g/mol. The molecule has 5 nitrogen and oxygen atoms in total. The Morgan fingerprint density at radius 1 is 1.41 bits per heavy atom. The normalized spacial score (nSPS) is 14.3. The van der Waals surface area contributed by atoms with Crippen LogP contribution < -0.4 is 5.73 Å². The van der Waals surface area contributed by atoms with Crippen molar-refractivity contribution in [2.45, 2.75) is 58.5 Å². The van der Waals surface area contributed by atoms with Gasteiger partial charge in [0.1, 0.15) is 11.4 Å². The highest BCUT2D eigenvalue weighted by atomic mass is 15.3. The first-order chi connectivity index (χ1) is 8.02. The number of nitrogens with zero attached hydrogens (tertiary/aromatic N) is 4. The van der Waals surface area contributed by atoms with Gasteiger partial charge in [-0.15, -0.1) is 0 Å². The van der Waals surface area contributed by atoms with Crippen LogP contribution in [0, 0.1) is 11.3 Å². The van der Waals surface area contributed by atoms with E-state index >= 15 is 0 Å².